The van der Waals surface area contributed by atoms with Gasteiger partial charge in [0, 0.05) is 19.2 Å². The summed E-state index contributed by atoms with van der Waals surface area (Å²) in [5.41, 5.74) is 5.03. The van der Waals surface area contributed by atoms with Gasteiger partial charge in [-0.25, -0.2) is 4.98 Å². The highest BCUT2D eigenvalue weighted by Gasteiger charge is 2.27. The Morgan fingerprint density at radius 1 is 1.52 bits per heavy atom. The van der Waals surface area contributed by atoms with Crippen molar-refractivity contribution in [2.24, 2.45) is 16.3 Å². The molecule has 1 rings (SSSR count). The predicted octanol–water partition coefficient (Wildman–Crippen LogP) is 1.96. The van der Waals surface area contributed by atoms with Crippen molar-refractivity contribution in [2.45, 2.75) is 33.7 Å². The van der Waals surface area contributed by atoms with Gasteiger partial charge in [0.15, 0.2) is 11.5 Å². The molecule has 3 N–H and O–H groups in total. The van der Waals surface area contributed by atoms with E-state index < -0.39 is 4.92 Å². The number of amidine groups is 1. The molecule has 0 spiro atoms. The molecule has 1 aromatic rings. The Bertz CT molecular complexity index is 565. The van der Waals surface area contributed by atoms with Crippen LogP contribution >= 0.6 is 0 Å². The van der Waals surface area contributed by atoms with Crippen LogP contribution in [0.4, 0.5) is 11.5 Å². The summed E-state index contributed by atoms with van der Waals surface area (Å²) in [5.74, 6) is 0.130. The molecule has 0 saturated carbocycles. The van der Waals surface area contributed by atoms with Crippen LogP contribution in [-0.4, -0.2) is 34.0 Å². The van der Waals surface area contributed by atoms with Gasteiger partial charge in [0.1, 0.15) is 5.82 Å². The minimum atomic E-state index is -0.614. The van der Waals surface area contributed by atoms with Crippen LogP contribution in [0, 0.1) is 15.5 Å². The summed E-state index contributed by atoms with van der Waals surface area (Å²) < 4.78 is 0. The van der Waals surface area contributed by atoms with Crippen molar-refractivity contribution >= 4 is 17.3 Å². The highest BCUT2D eigenvalue weighted by atomic mass is 16.6. The van der Waals surface area contributed by atoms with Crippen LogP contribution in [0.2, 0.25) is 0 Å². The van der Waals surface area contributed by atoms with E-state index in [2.05, 4.69) is 30.9 Å². The lowest BCUT2D eigenvalue weighted by atomic mass is 9.87. The topological polar surface area (TPSA) is 118 Å². The zero-order valence-corrected chi connectivity index (χ0v) is 12.9. The van der Waals surface area contributed by atoms with Gasteiger partial charge in [-0.2, -0.15) is 0 Å². The maximum atomic E-state index is 11.0. The van der Waals surface area contributed by atoms with E-state index in [4.69, 9.17) is 10.9 Å². The molecule has 0 aromatic carbocycles. The Labute approximate surface area is 123 Å². The Balaban J connectivity index is 3.32. The maximum Gasteiger partial charge on any atom is 0.298 e. The lowest BCUT2D eigenvalue weighted by Gasteiger charge is -2.36. The van der Waals surface area contributed by atoms with Gasteiger partial charge >= 0.3 is 0 Å². The molecule has 1 aromatic heterocycles. The number of hydrogen-bond donors (Lipinski definition) is 2. The number of nitro groups is 1. The molecular weight excluding hydrogens is 274 g/mol. The molecule has 8 heteroatoms. The quantitative estimate of drug-likeness (QED) is 0.288. The zero-order chi connectivity index (χ0) is 16.4. The molecular formula is C13H21N5O3. The van der Waals surface area contributed by atoms with E-state index in [0.717, 1.165) is 0 Å². The van der Waals surface area contributed by atoms with Crippen molar-refractivity contribution in [3.63, 3.8) is 0 Å². The number of aromatic nitrogens is 1. The van der Waals surface area contributed by atoms with Crippen molar-refractivity contribution in [1.29, 1.82) is 0 Å². The Morgan fingerprint density at radius 3 is 2.52 bits per heavy atom. The monoisotopic (exact) mass is 295 g/mol. The van der Waals surface area contributed by atoms with Crippen LogP contribution in [0.25, 0.3) is 0 Å². The molecule has 0 aliphatic carbocycles. The van der Waals surface area contributed by atoms with E-state index in [1.807, 2.05) is 18.9 Å². The van der Waals surface area contributed by atoms with Gasteiger partial charge < -0.3 is 15.8 Å². The van der Waals surface area contributed by atoms with Crippen LogP contribution in [0.5, 0.6) is 0 Å². The second-order valence-corrected chi connectivity index (χ2v) is 5.93. The molecule has 1 atom stereocenters. The van der Waals surface area contributed by atoms with E-state index in [-0.39, 0.29) is 28.7 Å². The summed E-state index contributed by atoms with van der Waals surface area (Å²) in [6.07, 6.45) is 0. The lowest BCUT2D eigenvalue weighted by molar-refractivity contribution is -0.385. The number of nitrogens with two attached hydrogens (primary N) is 1. The van der Waals surface area contributed by atoms with Gasteiger partial charge in [0.25, 0.3) is 5.69 Å². The first-order chi connectivity index (χ1) is 9.59. The second-order valence-electron chi connectivity index (χ2n) is 5.93. The van der Waals surface area contributed by atoms with Gasteiger partial charge in [-0.3, -0.25) is 10.1 Å². The smallest absolute Gasteiger partial charge is 0.298 e. The summed E-state index contributed by atoms with van der Waals surface area (Å²) >= 11 is 0. The first-order valence-corrected chi connectivity index (χ1v) is 6.45. The second kappa shape index (κ2) is 5.94. The third kappa shape index (κ3) is 3.59. The van der Waals surface area contributed by atoms with Crippen LogP contribution < -0.4 is 10.6 Å². The van der Waals surface area contributed by atoms with Crippen LogP contribution in [0.15, 0.2) is 17.3 Å². The summed E-state index contributed by atoms with van der Waals surface area (Å²) in [4.78, 5) is 16.4. The molecule has 1 heterocycles. The summed E-state index contributed by atoms with van der Waals surface area (Å²) in [6, 6.07) is 2.99. The molecule has 0 aliphatic heterocycles. The fourth-order valence-electron chi connectivity index (χ4n) is 1.80. The van der Waals surface area contributed by atoms with E-state index in [1.165, 1.54) is 6.07 Å². The van der Waals surface area contributed by atoms with Gasteiger partial charge in [-0.1, -0.05) is 25.9 Å². The van der Waals surface area contributed by atoms with Crippen molar-refractivity contribution in [2.75, 3.05) is 11.9 Å². The summed E-state index contributed by atoms with van der Waals surface area (Å²) in [5, 5.41) is 22.5. The highest BCUT2D eigenvalue weighted by molar-refractivity contribution is 5.99. The summed E-state index contributed by atoms with van der Waals surface area (Å²) in [7, 11) is 1.85. The van der Waals surface area contributed by atoms with E-state index in [9.17, 15) is 10.1 Å². The van der Waals surface area contributed by atoms with Crippen molar-refractivity contribution in [1.82, 2.24) is 4.98 Å². The number of anilines is 1. The molecule has 0 fully saturated rings. The van der Waals surface area contributed by atoms with Crippen LogP contribution in [0.3, 0.4) is 0 Å². The van der Waals surface area contributed by atoms with Crippen molar-refractivity contribution in [3.8, 4) is 0 Å². The number of pyridine rings is 1. The molecule has 0 radical (unpaired) electrons. The van der Waals surface area contributed by atoms with Gasteiger partial charge in [0.2, 0.25) is 0 Å². The minimum Gasteiger partial charge on any atom is -0.409 e. The Hall–Kier alpha value is -2.38. The fraction of sp³-hybridized carbons (Fsp3) is 0.538. The van der Waals surface area contributed by atoms with Gasteiger partial charge in [-0.05, 0) is 18.4 Å². The Morgan fingerprint density at radius 2 is 2.10 bits per heavy atom. The molecule has 21 heavy (non-hydrogen) atoms. The third-order valence-electron chi connectivity index (χ3n) is 3.60. The number of oxime groups is 1. The highest BCUT2D eigenvalue weighted by Crippen LogP contribution is 2.28. The van der Waals surface area contributed by atoms with Gasteiger partial charge in [-0.15, -0.1) is 0 Å². The molecule has 1 unspecified atom stereocenters. The molecule has 8 nitrogen and oxygen atoms in total. The molecule has 0 aliphatic rings. The minimum absolute atomic E-state index is 0.00498. The largest absolute Gasteiger partial charge is 0.409 e. The number of nitrogens with zero attached hydrogens (tertiary/aromatic N) is 4. The summed E-state index contributed by atoms with van der Waals surface area (Å²) in [6.45, 7) is 8.30. The van der Waals surface area contributed by atoms with Crippen molar-refractivity contribution < 1.29 is 10.1 Å². The standard InChI is InChI=1S/C13H21N5O3/c1-8(13(2,3)4)17(5)10-7-6-9(18(20)21)11(15-10)12(14)16-19/h6-8,19H,1-5H3,(H2,14,16). The third-order valence-corrected chi connectivity index (χ3v) is 3.60. The SMILES string of the molecule is CC(N(C)c1ccc([N+](=O)[O-])c(/C(N)=N/O)n1)C(C)(C)C. The van der Waals surface area contributed by atoms with Crippen LogP contribution in [-0.2, 0) is 0 Å². The van der Waals surface area contributed by atoms with Gasteiger partial charge in [0.05, 0.1) is 4.92 Å². The van der Waals surface area contributed by atoms with E-state index in [0.29, 0.717) is 5.82 Å². The first-order valence-electron chi connectivity index (χ1n) is 6.45. The molecule has 0 bridgehead atoms. The fourth-order valence-corrected chi connectivity index (χ4v) is 1.80. The van der Waals surface area contributed by atoms with E-state index >= 15 is 0 Å². The van der Waals surface area contributed by atoms with Crippen molar-refractivity contribution in [3.05, 3.63) is 27.9 Å². The zero-order valence-electron chi connectivity index (χ0n) is 12.9. The van der Waals surface area contributed by atoms with E-state index in [1.54, 1.807) is 6.07 Å². The predicted molar refractivity (Wildman–Crippen MR) is 80.7 cm³/mol. The number of rotatable bonds is 4. The molecule has 0 amide bonds. The normalized spacial score (nSPS) is 13.9. The number of hydrogen-bond acceptors (Lipinski definition) is 6. The molecule has 0 saturated heterocycles. The van der Waals surface area contributed by atoms with Crippen LogP contribution in [0.1, 0.15) is 33.4 Å². The average Bonchev–Trinajstić information content (AvgIpc) is 2.42. The molecule has 116 valence electrons. The first kappa shape index (κ1) is 16.7. The average molecular weight is 295 g/mol. The Kier molecular flexibility index (Phi) is 4.72. The lowest BCUT2D eigenvalue weighted by Crippen LogP contribution is -2.40. The maximum absolute atomic E-state index is 11.0.